The standard InChI is InChI=1S/C14H18F3NO2S/c1-21(20)12-4-2-11(3-5-12)10-18-8-6-13(19,7-9-18)14(15,16)17/h2-5,19H,6-10H2,1H3/t21-/m1/s1. The number of likely N-dealkylation sites (tertiary alicyclic amines) is 1. The van der Waals surface area contributed by atoms with Crippen molar-refractivity contribution in [3.8, 4) is 0 Å². The Bertz CT molecular complexity index is 508. The molecule has 2 rings (SSSR count). The molecule has 1 aliphatic heterocycles. The van der Waals surface area contributed by atoms with E-state index in [0.29, 0.717) is 6.54 Å². The number of benzene rings is 1. The van der Waals surface area contributed by atoms with Crippen LogP contribution in [0.3, 0.4) is 0 Å². The van der Waals surface area contributed by atoms with Gasteiger partial charge >= 0.3 is 6.18 Å². The molecule has 1 saturated heterocycles. The zero-order chi connectivity index (χ0) is 15.7. The van der Waals surface area contributed by atoms with Gasteiger partial charge in [0.1, 0.15) is 0 Å². The second-order valence-corrected chi connectivity index (χ2v) is 6.78. The summed E-state index contributed by atoms with van der Waals surface area (Å²) in [7, 11) is -1.04. The van der Waals surface area contributed by atoms with Gasteiger partial charge in [-0.25, -0.2) is 0 Å². The molecule has 1 heterocycles. The van der Waals surface area contributed by atoms with Gasteiger partial charge in [-0.1, -0.05) is 12.1 Å². The second kappa shape index (κ2) is 6.06. The van der Waals surface area contributed by atoms with E-state index in [2.05, 4.69) is 0 Å². The molecule has 1 aliphatic rings. The van der Waals surface area contributed by atoms with Crippen LogP contribution in [-0.4, -0.2) is 45.3 Å². The molecule has 0 aliphatic carbocycles. The Labute approximate surface area is 124 Å². The fourth-order valence-electron chi connectivity index (χ4n) is 2.41. The Morgan fingerprint density at radius 3 is 2.19 bits per heavy atom. The first-order valence-electron chi connectivity index (χ1n) is 6.65. The van der Waals surface area contributed by atoms with Crippen LogP contribution in [0.15, 0.2) is 29.2 Å². The van der Waals surface area contributed by atoms with Crippen molar-refractivity contribution in [3.05, 3.63) is 29.8 Å². The number of halogens is 3. The number of alkyl halides is 3. The summed E-state index contributed by atoms with van der Waals surface area (Å²) >= 11 is 0. The van der Waals surface area contributed by atoms with Crippen LogP contribution in [0.1, 0.15) is 18.4 Å². The average molecular weight is 321 g/mol. The fraction of sp³-hybridized carbons (Fsp3) is 0.571. The van der Waals surface area contributed by atoms with Gasteiger partial charge < -0.3 is 5.11 Å². The van der Waals surface area contributed by atoms with E-state index in [0.717, 1.165) is 10.5 Å². The maximum absolute atomic E-state index is 12.7. The lowest BCUT2D eigenvalue weighted by atomic mass is 9.90. The highest BCUT2D eigenvalue weighted by molar-refractivity contribution is 7.84. The molecule has 3 nitrogen and oxygen atoms in total. The SMILES string of the molecule is C[S@@](=O)c1ccc(CN2CCC(O)(C(F)(F)F)CC2)cc1. The zero-order valence-corrected chi connectivity index (χ0v) is 12.5. The molecule has 21 heavy (non-hydrogen) atoms. The largest absolute Gasteiger partial charge is 0.417 e. The second-order valence-electron chi connectivity index (χ2n) is 5.40. The molecule has 0 bridgehead atoms. The first kappa shape index (κ1) is 16.5. The van der Waals surface area contributed by atoms with Crippen LogP contribution in [0.25, 0.3) is 0 Å². The van der Waals surface area contributed by atoms with Gasteiger partial charge in [-0.05, 0) is 30.5 Å². The molecule has 0 saturated carbocycles. The summed E-state index contributed by atoms with van der Waals surface area (Å²) in [6.07, 6.45) is -3.56. The van der Waals surface area contributed by atoms with Crippen LogP contribution >= 0.6 is 0 Å². The smallest absolute Gasteiger partial charge is 0.380 e. The van der Waals surface area contributed by atoms with E-state index in [9.17, 15) is 22.5 Å². The van der Waals surface area contributed by atoms with Crippen molar-refractivity contribution in [2.45, 2.75) is 36.1 Å². The van der Waals surface area contributed by atoms with E-state index >= 15 is 0 Å². The van der Waals surface area contributed by atoms with Gasteiger partial charge in [-0.3, -0.25) is 9.11 Å². The number of aliphatic hydroxyl groups is 1. The number of nitrogens with zero attached hydrogens (tertiary/aromatic N) is 1. The number of piperidine rings is 1. The molecule has 0 radical (unpaired) electrons. The molecule has 0 spiro atoms. The van der Waals surface area contributed by atoms with Crippen molar-refractivity contribution < 1.29 is 22.5 Å². The quantitative estimate of drug-likeness (QED) is 0.929. The minimum absolute atomic E-state index is 0.206. The number of hydrogen-bond acceptors (Lipinski definition) is 3. The van der Waals surface area contributed by atoms with Crippen LogP contribution in [0.5, 0.6) is 0 Å². The molecule has 0 unspecified atom stereocenters. The van der Waals surface area contributed by atoms with Crippen LogP contribution in [0, 0.1) is 0 Å². The third-order valence-electron chi connectivity index (χ3n) is 3.87. The van der Waals surface area contributed by atoms with Crippen molar-refractivity contribution >= 4 is 10.8 Å². The van der Waals surface area contributed by atoms with Gasteiger partial charge in [-0.15, -0.1) is 0 Å². The lowest BCUT2D eigenvalue weighted by Gasteiger charge is -2.39. The molecule has 1 N–H and O–H groups in total. The van der Waals surface area contributed by atoms with Crippen LogP contribution in [0.4, 0.5) is 13.2 Å². The third-order valence-corrected chi connectivity index (χ3v) is 4.81. The average Bonchev–Trinajstić information content (AvgIpc) is 2.41. The van der Waals surface area contributed by atoms with Crippen molar-refractivity contribution in [3.63, 3.8) is 0 Å². The summed E-state index contributed by atoms with van der Waals surface area (Å²) in [5, 5.41) is 9.60. The van der Waals surface area contributed by atoms with Gasteiger partial charge in [-0.2, -0.15) is 13.2 Å². The zero-order valence-electron chi connectivity index (χ0n) is 11.7. The summed E-state index contributed by atoms with van der Waals surface area (Å²) in [4.78, 5) is 2.61. The summed E-state index contributed by atoms with van der Waals surface area (Å²) in [6.45, 7) is 0.944. The predicted molar refractivity (Wildman–Crippen MR) is 74.3 cm³/mol. The Morgan fingerprint density at radius 1 is 1.24 bits per heavy atom. The highest BCUT2D eigenvalue weighted by Gasteiger charge is 2.54. The Kier molecular flexibility index (Phi) is 4.75. The minimum atomic E-state index is -4.56. The van der Waals surface area contributed by atoms with E-state index in [1.807, 2.05) is 17.0 Å². The minimum Gasteiger partial charge on any atom is -0.380 e. The summed E-state index contributed by atoms with van der Waals surface area (Å²) < 4.78 is 49.4. The molecule has 1 aromatic carbocycles. The summed E-state index contributed by atoms with van der Waals surface area (Å²) in [5.74, 6) is 0. The van der Waals surface area contributed by atoms with E-state index in [1.165, 1.54) is 0 Å². The van der Waals surface area contributed by atoms with Crippen LogP contribution in [-0.2, 0) is 17.3 Å². The molecule has 0 aromatic heterocycles. The molecule has 1 aromatic rings. The third kappa shape index (κ3) is 3.84. The molecular weight excluding hydrogens is 303 g/mol. The summed E-state index contributed by atoms with van der Waals surface area (Å²) in [6, 6.07) is 7.20. The normalized spacial score (nSPS) is 21.2. The van der Waals surface area contributed by atoms with Crippen LogP contribution < -0.4 is 0 Å². The fourth-order valence-corrected chi connectivity index (χ4v) is 2.93. The topological polar surface area (TPSA) is 40.5 Å². The van der Waals surface area contributed by atoms with Crippen molar-refractivity contribution in [2.75, 3.05) is 19.3 Å². The first-order chi connectivity index (χ1) is 9.71. The van der Waals surface area contributed by atoms with E-state index in [4.69, 9.17) is 0 Å². The summed E-state index contributed by atoms with van der Waals surface area (Å²) in [5.41, 5.74) is -1.59. The molecule has 1 atom stereocenters. The van der Waals surface area contributed by atoms with E-state index in [1.54, 1.807) is 18.4 Å². The molecule has 118 valence electrons. The molecule has 0 amide bonds. The molecule has 7 heteroatoms. The maximum Gasteiger partial charge on any atom is 0.417 e. The van der Waals surface area contributed by atoms with Gasteiger partial charge in [0.2, 0.25) is 0 Å². The number of hydrogen-bond donors (Lipinski definition) is 1. The highest BCUT2D eigenvalue weighted by Crippen LogP contribution is 2.38. The van der Waals surface area contributed by atoms with Gasteiger partial charge in [0.05, 0.1) is 0 Å². The lowest BCUT2D eigenvalue weighted by Crippen LogP contribution is -2.53. The lowest BCUT2D eigenvalue weighted by molar-refractivity contribution is -0.272. The van der Waals surface area contributed by atoms with Crippen molar-refractivity contribution in [1.82, 2.24) is 4.90 Å². The van der Waals surface area contributed by atoms with E-state index < -0.39 is 22.6 Å². The maximum atomic E-state index is 12.7. The number of rotatable bonds is 3. The van der Waals surface area contributed by atoms with Crippen LogP contribution in [0.2, 0.25) is 0 Å². The van der Waals surface area contributed by atoms with Crippen molar-refractivity contribution in [2.24, 2.45) is 0 Å². The monoisotopic (exact) mass is 321 g/mol. The Morgan fingerprint density at radius 2 is 1.76 bits per heavy atom. The van der Waals surface area contributed by atoms with Gasteiger partial charge in [0.15, 0.2) is 5.60 Å². The van der Waals surface area contributed by atoms with Crippen molar-refractivity contribution in [1.29, 1.82) is 0 Å². The molecular formula is C14H18F3NO2S. The Balaban J connectivity index is 1.93. The van der Waals surface area contributed by atoms with Gasteiger partial charge in [0.25, 0.3) is 0 Å². The predicted octanol–water partition coefficient (Wildman–Crippen LogP) is 2.31. The highest BCUT2D eigenvalue weighted by atomic mass is 32.2. The van der Waals surface area contributed by atoms with Gasteiger partial charge in [0, 0.05) is 41.6 Å². The molecule has 1 fully saturated rings. The first-order valence-corrected chi connectivity index (χ1v) is 8.21. The Hall–Kier alpha value is -0.920. The van der Waals surface area contributed by atoms with E-state index in [-0.39, 0.29) is 25.9 Å².